The van der Waals surface area contributed by atoms with Gasteiger partial charge < -0.3 is 10.2 Å². The third-order valence-electron chi connectivity index (χ3n) is 7.12. The largest absolute Gasteiger partial charge is 0.507 e. The van der Waals surface area contributed by atoms with Crippen molar-refractivity contribution in [2.75, 3.05) is 0 Å². The Bertz CT molecular complexity index is 626. The fourth-order valence-electron chi connectivity index (χ4n) is 5.92. The minimum Gasteiger partial charge on any atom is -0.507 e. The standard InChI is InChI=1S/C19H25BrO2/c1-10-17-11(9-15(21)18(10)20)3-4-12-13(17)7-8-19(2)14(12)5-6-16(19)22/h9,12-14,16,21-22H,3-8H2,1-2H3. The predicted octanol–water partition coefficient (Wildman–Crippen LogP) is 4.68. The van der Waals surface area contributed by atoms with Crippen LogP contribution in [0.3, 0.4) is 0 Å². The van der Waals surface area contributed by atoms with Crippen molar-refractivity contribution in [3.63, 3.8) is 0 Å². The predicted molar refractivity (Wildman–Crippen MR) is 91.2 cm³/mol. The molecule has 120 valence electrons. The van der Waals surface area contributed by atoms with E-state index in [-0.39, 0.29) is 11.5 Å². The second-order valence-electron chi connectivity index (χ2n) is 7.96. The van der Waals surface area contributed by atoms with E-state index in [1.165, 1.54) is 36.0 Å². The number of fused-ring (bicyclic) bond motifs is 5. The number of phenolic OH excluding ortho intramolecular Hbond substituents is 1. The van der Waals surface area contributed by atoms with Crippen LogP contribution >= 0.6 is 15.9 Å². The van der Waals surface area contributed by atoms with Crippen LogP contribution in [-0.2, 0) is 6.42 Å². The van der Waals surface area contributed by atoms with Crippen molar-refractivity contribution in [3.8, 4) is 5.75 Å². The summed E-state index contributed by atoms with van der Waals surface area (Å²) in [6.07, 6.45) is 6.66. The topological polar surface area (TPSA) is 40.5 Å². The summed E-state index contributed by atoms with van der Waals surface area (Å²) in [7, 11) is 0. The maximum Gasteiger partial charge on any atom is 0.130 e. The molecule has 2 saturated carbocycles. The Kier molecular flexibility index (Phi) is 3.40. The first kappa shape index (κ1) is 15.0. The van der Waals surface area contributed by atoms with Gasteiger partial charge in [0.05, 0.1) is 10.6 Å². The molecule has 0 bridgehead atoms. The van der Waals surface area contributed by atoms with Gasteiger partial charge in [-0.05, 0) is 107 Å². The van der Waals surface area contributed by atoms with E-state index in [4.69, 9.17) is 0 Å². The fourth-order valence-corrected chi connectivity index (χ4v) is 6.25. The van der Waals surface area contributed by atoms with Gasteiger partial charge in [-0.1, -0.05) is 6.92 Å². The summed E-state index contributed by atoms with van der Waals surface area (Å²) in [6, 6.07) is 1.97. The zero-order chi connectivity index (χ0) is 15.6. The van der Waals surface area contributed by atoms with Crippen LogP contribution in [0.15, 0.2) is 10.5 Å². The number of hydrogen-bond acceptors (Lipinski definition) is 2. The van der Waals surface area contributed by atoms with Gasteiger partial charge in [0.2, 0.25) is 0 Å². The Morgan fingerprint density at radius 1 is 1.23 bits per heavy atom. The lowest BCUT2D eigenvalue weighted by molar-refractivity contribution is -0.0227. The molecular formula is C19H25BrO2. The van der Waals surface area contributed by atoms with Crippen LogP contribution in [0.4, 0.5) is 0 Å². The maximum absolute atomic E-state index is 10.5. The summed E-state index contributed by atoms with van der Waals surface area (Å²) in [5.41, 5.74) is 4.21. The molecule has 0 amide bonds. The van der Waals surface area contributed by atoms with E-state index >= 15 is 0 Å². The average Bonchev–Trinajstić information content (AvgIpc) is 2.80. The number of aryl methyl sites for hydroxylation is 1. The Hall–Kier alpha value is -0.540. The third-order valence-corrected chi connectivity index (χ3v) is 8.12. The molecule has 2 fully saturated rings. The van der Waals surface area contributed by atoms with Crippen LogP contribution in [0.25, 0.3) is 0 Å². The highest BCUT2D eigenvalue weighted by atomic mass is 79.9. The molecule has 5 atom stereocenters. The molecule has 22 heavy (non-hydrogen) atoms. The number of hydrogen-bond donors (Lipinski definition) is 2. The average molecular weight is 365 g/mol. The third kappa shape index (κ3) is 1.88. The molecular weight excluding hydrogens is 340 g/mol. The highest BCUT2D eigenvalue weighted by Crippen LogP contribution is 2.61. The summed E-state index contributed by atoms with van der Waals surface area (Å²) in [5, 5.41) is 20.6. The Balaban J connectivity index is 1.78. The van der Waals surface area contributed by atoms with E-state index in [0.717, 1.165) is 23.7 Å². The first-order chi connectivity index (χ1) is 10.4. The van der Waals surface area contributed by atoms with Gasteiger partial charge >= 0.3 is 0 Å². The smallest absolute Gasteiger partial charge is 0.130 e. The van der Waals surface area contributed by atoms with Crippen LogP contribution in [-0.4, -0.2) is 16.3 Å². The zero-order valence-electron chi connectivity index (χ0n) is 13.4. The van der Waals surface area contributed by atoms with Crippen LogP contribution in [0.2, 0.25) is 0 Å². The Morgan fingerprint density at radius 3 is 2.77 bits per heavy atom. The van der Waals surface area contributed by atoms with Crippen LogP contribution in [0, 0.1) is 24.2 Å². The summed E-state index contributed by atoms with van der Waals surface area (Å²) < 4.78 is 0.867. The second-order valence-corrected chi connectivity index (χ2v) is 8.75. The molecule has 0 spiro atoms. The number of benzene rings is 1. The molecule has 4 rings (SSSR count). The van der Waals surface area contributed by atoms with Gasteiger partial charge in [0.15, 0.2) is 0 Å². The molecule has 3 heteroatoms. The highest BCUT2D eigenvalue weighted by Gasteiger charge is 2.54. The SMILES string of the molecule is Cc1c(Br)c(O)cc2c1C1CCC3(C)C(O)CCC3C1CC2. The molecule has 2 N–H and O–H groups in total. The minimum absolute atomic E-state index is 0.104. The lowest BCUT2D eigenvalue weighted by Gasteiger charge is -2.50. The van der Waals surface area contributed by atoms with E-state index < -0.39 is 0 Å². The van der Waals surface area contributed by atoms with Crippen molar-refractivity contribution >= 4 is 15.9 Å². The molecule has 5 unspecified atom stereocenters. The molecule has 1 aromatic rings. The van der Waals surface area contributed by atoms with Gasteiger partial charge in [-0.25, -0.2) is 0 Å². The van der Waals surface area contributed by atoms with Crippen molar-refractivity contribution in [3.05, 3.63) is 27.2 Å². The molecule has 0 aromatic heterocycles. The zero-order valence-corrected chi connectivity index (χ0v) is 15.0. The van der Waals surface area contributed by atoms with Gasteiger partial charge in [0, 0.05) is 0 Å². The maximum atomic E-state index is 10.5. The van der Waals surface area contributed by atoms with Crippen molar-refractivity contribution in [2.24, 2.45) is 17.3 Å². The van der Waals surface area contributed by atoms with Gasteiger partial charge in [-0.2, -0.15) is 0 Å². The van der Waals surface area contributed by atoms with Gasteiger partial charge in [-0.3, -0.25) is 0 Å². The van der Waals surface area contributed by atoms with Crippen molar-refractivity contribution in [1.29, 1.82) is 0 Å². The van der Waals surface area contributed by atoms with E-state index in [1.807, 2.05) is 6.07 Å². The molecule has 0 heterocycles. The fraction of sp³-hybridized carbons (Fsp3) is 0.684. The molecule has 0 saturated heterocycles. The molecule has 0 aliphatic heterocycles. The number of aromatic hydroxyl groups is 1. The molecule has 1 aromatic carbocycles. The van der Waals surface area contributed by atoms with Crippen molar-refractivity contribution in [1.82, 2.24) is 0 Å². The van der Waals surface area contributed by atoms with Crippen molar-refractivity contribution in [2.45, 2.75) is 64.4 Å². The molecule has 3 aliphatic carbocycles. The highest BCUT2D eigenvalue weighted by molar-refractivity contribution is 9.10. The van der Waals surface area contributed by atoms with Crippen molar-refractivity contribution < 1.29 is 10.2 Å². The molecule has 3 aliphatic rings. The monoisotopic (exact) mass is 364 g/mol. The lowest BCUT2D eigenvalue weighted by atomic mass is 9.55. The summed E-state index contributed by atoms with van der Waals surface area (Å²) in [4.78, 5) is 0. The van der Waals surface area contributed by atoms with Gasteiger partial charge in [0.25, 0.3) is 0 Å². The van der Waals surface area contributed by atoms with E-state index in [9.17, 15) is 10.2 Å². The second kappa shape index (κ2) is 4.98. The number of halogens is 1. The number of rotatable bonds is 0. The number of aliphatic hydroxyl groups is 1. The van der Waals surface area contributed by atoms with E-state index in [1.54, 1.807) is 0 Å². The normalized spacial score (nSPS) is 40.0. The summed E-state index contributed by atoms with van der Waals surface area (Å²) >= 11 is 3.56. The number of phenols is 1. The first-order valence-electron chi connectivity index (χ1n) is 8.62. The minimum atomic E-state index is -0.104. The first-order valence-corrected chi connectivity index (χ1v) is 9.41. The Labute approximate surface area is 141 Å². The summed E-state index contributed by atoms with van der Waals surface area (Å²) in [5.74, 6) is 2.37. The van der Waals surface area contributed by atoms with Crippen LogP contribution < -0.4 is 0 Å². The molecule has 2 nitrogen and oxygen atoms in total. The Morgan fingerprint density at radius 2 is 2.00 bits per heavy atom. The quantitative estimate of drug-likeness (QED) is 0.701. The van der Waals surface area contributed by atoms with E-state index in [0.29, 0.717) is 23.5 Å². The van der Waals surface area contributed by atoms with Crippen LogP contribution in [0.5, 0.6) is 5.75 Å². The van der Waals surface area contributed by atoms with Gasteiger partial charge in [-0.15, -0.1) is 0 Å². The van der Waals surface area contributed by atoms with Gasteiger partial charge in [0.1, 0.15) is 5.75 Å². The molecule has 0 radical (unpaired) electrons. The lowest BCUT2D eigenvalue weighted by Crippen LogP contribution is -2.44. The van der Waals surface area contributed by atoms with E-state index in [2.05, 4.69) is 29.8 Å². The summed E-state index contributed by atoms with van der Waals surface area (Å²) in [6.45, 7) is 4.46. The van der Waals surface area contributed by atoms with Crippen LogP contribution in [0.1, 0.15) is 61.6 Å². The number of aliphatic hydroxyl groups excluding tert-OH is 1.